The van der Waals surface area contributed by atoms with Gasteiger partial charge in [-0.05, 0) is 47.1 Å². The van der Waals surface area contributed by atoms with Gasteiger partial charge in [0.05, 0.1) is 23.4 Å². The Morgan fingerprint density at radius 2 is 1.97 bits per heavy atom. The summed E-state index contributed by atoms with van der Waals surface area (Å²) in [6, 6.07) is 11.3. The van der Waals surface area contributed by atoms with E-state index in [1.807, 2.05) is 0 Å². The fourth-order valence-corrected chi connectivity index (χ4v) is 4.13. The van der Waals surface area contributed by atoms with Crippen molar-refractivity contribution in [1.82, 2.24) is 15.1 Å². The summed E-state index contributed by atoms with van der Waals surface area (Å²) in [5, 5.41) is 10.7. The Labute approximate surface area is 192 Å². The number of rotatable bonds is 4. The van der Waals surface area contributed by atoms with Crippen molar-refractivity contribution in [1.29, 1.82) is 0 Å². The van der Waals surface area contributed by atoms with Crippen molar-refractivity contribution < 1.29 is 19.1 Å². The molecule has 3 aromatic rings. The van der Waals surface area contributed by atoms with Gasteiger partial charge < -0.3 is 15.4 Å². The first-order chi connectivity index (χ1) is 15.6. The molecular formula is C25H28N4O4. The molecule has 172 valence electrons. The summed E-state index contributed by atoms with van der Waals surface area (Å²) in [6.07, 6.45) is 3.29. The van der Waals surface area contributed by atoms with Gasteiger partial charge in [0.1, 0.15) is 0 Å². The van der Waals surface area contributed by atoms with E-state index in [0.717, 1.165) is 18.4 Å². The molecule has 8 heteroatoms. The number of hydrogen-bond donors (Lipinski definition) is 2. The molecule has 2 amide bonds. The van der Waals surface area contributed by atoms with Crippen LogP contribution in [0.5, 0.6) is 0 Å². The molecule has 1 aliphatic carbocycles. The van der Waals surface area contributed by atoms with Gasteiger partial charge in [-0.25, -0.2) is 4.79 Å². The Morgan fingerprint density at radius 1 is 1.18 bits per heavy atom. The van der Waals surface area contributed by atoms with E-state index in [2.05, 4.69) is 54.7 Å². The number of carbonyl (C=O) groups is 3. The number of aryl methyl sites for hydroxylation is 1. The van der Waals surface area contributed by atoms with E-state index in [-0.39, 0.29) is 17.5 Å². The second-order valence-corrected chi connectivity index (χ2v) is 9.32. The van der Waals surface area contributed by atoms with E-state index >= 15 is 0 Å². The van der Waals surface area contributed by atoms with Crippen molar-refractivity contribution in [2.75, 3.05) is 11.9 Å². The van der Waals surface area contributed by atoms with Crippen molar-refractivity contribution in [2.45, 2.75) is 52.0 Å². The topological polar surface area (TPSA) is 102 Å². The van der Waals surface area contributed by atoms with Crippen molar-refractivity contribution in [2.24, 2.45) is 0 Å². The van der Waals surface area contributed by atoms with Crippen LogP contribution in [0.1, 0.15) is 61.6 Å². The monoisotopic (exact) mass is 448 g/mol. The molecule has 2 N–H and O–H groups in total. The van der Waals surface area contributed by atoms with Crippen molar-refractivity contribution >= 4 is 34.5 Å². The molecular weight excluding hydrogens is 420 g/mol. The Kier molecular flexibility index (Phi) is 5.93. The maximum atomic E-state index is 12.8. The Hall–Kier alpha value is -3.68. The van der Waals surface area contributed by atoms with Crippen molar-refractivity contribution in [3.8, 4) is 0 Å². The summed E-state index contributed by atoms with van der Waals surface area (Å²) in [5.74, 6) is -1.01. The maximum absolute atomic E-state index is 12.8. The minimum atomic E-state index is -0.540. The van der Waals surface area contributed by atoms with E-state index in [4.69, 9.17) is 4.74 Å². The molecule has 1 heterocycles. The summed E-state index contributed by atoms with van der Waals surface area (Å²) < 4.78 is 5.94. The van der Waals surface area contributed by atoms with Gasteiger partial charge in [0, 0.05) is 12.3 Å². The third-order valence-electron chi connectivity index (χ3n) is 5.89. The number of anilines is 1. The Bertz CT molecular complexity index is 1240. The number of esters is 1. The quantitative estimate of drug-likeness (QED) is 0.578. The van der Waals surface area contributed by atoms with Crippen molar-refractivity contribution in [3.05, 3.63) is 59.3 Å². The molecule has 1 aliphatic rings. The number of carbonyl (C=O) groups excluding carboxylic acids is 3. The standard InChI is InChI=1S/C25H28N4O4/c1-15(30)33-14-23(31)29-22-7-5-6-20(19(22)13-26-29)27-24(32)28-21-11-8-16-12-17(25(2,3)4)9-10-18(16)21/h5-7,9-10,12-13,21H,8,11,14H2,1-4H3,(H2,27,28,32)/t21-/m1/s1. The summed E-state index contributed by atoms with van der Waals surface area (Å²) >= 11 is 0. The number of amides is 2. The molecule has 4 rings (SSSR count). The van der Waals surface area contributed by atoms with Crippen molar-refractivity contribution in [3.63, 3.8) is 0 Å². The molecule has 0 spiro atoms. The van der Waals surface area contributed by atoms with Gasteiger partial charge in [0.25, 0.3) is 5.91 Å². The van der Waals surface area contributed by atoms with Crippen LogP contribution in [0.25, 0.3) is 10.9 Å². The van der Waals surface area contributed by atoms with Crippen LogP contribution in [0.2, 0.25) is 0 Å². The highest BCUT2D eigenvalue weighted by molar-refractivity contribution is 6.03. The molecule has 0 fully saturated rings. The first kappa shape index (κ1) is 22.5. The minimum absolute atomic E-state index is 0.0544. The van der Waals surface area contributed by atoms with E-state index in [9.17, 15) is 14.4 Å². The highest BCUT2D eigenvalue weighted by atomic mass is 16.5. The highest BCUT2D eigenvalue weighted by Crippen LogP contribution is 2.34. The fourth-order valence-electron chi connectivity index (χ4n) is 4.13. The van der Waals surface area contributed by atoms with Crippen LogP contribution in [0, 0.1) is 0 Å². The zero-order chi connectivity index (χ0) is 23.8. The van der Waals surface area contributed by atoms with Gasteiger partial charge >= 0.3 is 12.0 Å². The summed E-state index contributed by atoms with van der Waals surface area (Å²) in [7, 11) is 0. The van der Waals surface area contributed by atoms with Gasteiger partial charge in [-0.1, -0.05) is 45.0 Å². The van der Waals surface area contributed by atoms with Crippen LogP contribution >= 0.6 is 0 Å². The van der Waals surface area contributed by atoms with E-state index in [1.165, 1.54) is 28.9 Å². The zero-order valence-electron chi connectivity index (χ0n) is 19.3. The van der Waals surface area contributed by atoms with Crippen LogP contribution in [-0.4, -0.2) is 34.3 Å². The van der Waals surface area contributed by atoms with E-state index in [0.29, 0.717) is 16.6 Å². The molecule has 0 unspecified atom stereocenters. The number of benzene rings is 2. The number of hydrogen-bond acceptors (Lipinski definition) is 5. The van der Waals surface area contributed by atoms with Crippen LogP contribution in [0.3, 0.4) is 0 Å². The molecule has 8 nitrogen and oxygen atoms in total. The Balaban J connectivity index is 1.47. The molecule has 0 aliphatic heterocycles. The molecule has 1 aromatic heterocycles. The molecule has 0 bridgehead atoms. The first-order valence-electron chi connectivity index (χ1n) is 11.0. The van der Waals surface area contributed by atoms with E-state index < -0.39 is 18.5 Å². The smallest absolute Gasteiger partial charge is 0.319 e. The average Bonchev–Trinajstić information content (AvgIpc) is 3.36. The highest BCUT2D eigenvalue weighted by Gasteiger charge is 2.26. The number of urea groups is 1. The summed E-state index contributed by atoms with van der Waals surface area (Å²) in [6.45, 7) is 7.42. The average molecular weight is 449 g/mol. The van der Waals surface area contributed by atoms with Crippen LogP contribution < -0.4 is 10.6 Å². The molecule has 33 heavy (non-hydrogen) atoms. The van der Waals surface area contributed by atoms with Gasteiger partial charge in [-0.2, -0.15) is 9.78 Å². The van der Waals surface area contributed by atoms with Gasteiger partial charge in [-0.3, -0.25) is 9.59 Å². The van der Waals surface area contributed by atoms with Gasteiger partial charge in [0.15, 0.2) is 6.61 Å². The first-order valence-corrected chi connectivity index (χ1v) is 11.0. The molecule has 0 radical (unpaired) electrons. The molecule has 1 atom stereocenters. The minimum Gasteiger partial charge on any atom is -0.456 e. The zero-order valence-corrected chi connectivity index (χ0v) is 19.3. The van der Waals surface area contributed by atoms with Gasteiger partial charge in [0.2, 0.25) is 0 Å². The lowest BCUT2D eigenvalue weighted by Gasteiger charge is -2.21. The summed E-state index contributed by atoms with van der Waals surface area (Å²) in [5.41, 5.74) is 4.87. The third-order valence-corrected chi connectivity index (χ3v) is 5.89. The second-order valence-electron chi connectivity index (χ2n) is 9.32. The normalized spacial score (nSPS) is 15.2. The maximum Gasteiger partial charge on any atom is 0.319 e. The Morgan fingerprint density at radius 3 is 2.70 bits per heavy atom. The van der Waals surface area contributed by atoms with Crippen LogP contribution in [-0.2, 0) is 21.4 Å². The van der Waals surface area contributed by atoms with Crippen LogP contribution in [0.4, 0.5) is 10.5 Å². The number of ether oxygens (including phenoxy) is 1. The predicted octanol–water partition coefficient (Wildman–Crippen LogP) is 4.35. The largest absolute Gasteiger partial charge is 0.456 e. The third kappa shape index (κ3) is 4.74. The number of aromatic nitrogens is 2. The SMILES string of the molecule is CC(=O)OCC(=O)n1ncc2c(NC(=O)N[C@@H]3CCc4cc(C(C)(C)C)ccc43)cccc21. The predicted molar refractivity (Wildman–Crippen MR) is 125 cm³/mol. The molecule has 2 aromatic carbocycles. The lowest BCUT2D eigenvalue weighted by molar-refractivity contribution is -0.139. The number of nitrogens with one attached hydrogen (secondary N) is 2. The number of nitrogens with zero attached hydrogens (tertiary/aromatic N) is 2. The molecule has 0 saturated carbocycles. The summed E-state index contributed by atoms with van der Waals surface area (Å²) in [4.78, 5) is 36.1. The lowest BCUT2D eigenvalue weighted by atomic mass is 9.85. The van der Waals surface area contributed by atoms with Crippen LogP contribution in [0.15, 0.2) is 42.6 Å². The second kappa shape index (κ2) is 8.69. The fraction of sp³-hybridized carbons (Fsp3) is 0.360. The van der Waals surface area contributed by atoms with E-state index in [1.54, 1.807) is 18.2 Å². The molecule has 0 saturated heterocycles. The van der Waals surface area contributed by atoms with Gasteiger partial charge in [-0.15, -0.1) is 0 Å². The lowest BCUT2D eigenvalue weighted by Crippen LogP contribution is -2.31. The number of fused-ring (bicyclic) bond motifs is 2.